The third kappa shape index (κ3) is 3.48. The number of rotatable bonds is 5. The van der Waals surface area contributed by atoms with Gasteiger partial charge in [-0.1, -0.05) is 6.07 Å². The summed E-state index contributed by atoms with van der Waals surface area (Å²) < 4.78 is 12.1. The van der Waals surface area contributed by atoms with Gasteiger partial charge in [0, 0.05) is 18.0 Å². The first kappa shape index (κ1) is 21.1. The van der Waals surface area contributed by atoms with Gasteiger partial charge in [-0.25, -0.2) is 15.0 Å². The second-order valence-electron chi connectivity index (χ2n) is 7.96. The van der Waals surface area contributed by atoms with Crippen LogP contribution in [0.1, 0.15) is 25.1 Å². The van der Waals surface area contributed by atoms with E-state index in [2.05, 4.69) is 16.0 Å². The summed E-state index contributed by atoms with van der Waals surface area (Å²) in [5.41, 5.74) is 2.78. The SMILES string of the molecule is COc1cc(-c2cc(C)c3c(O)n(-c4cccc(C(C)(C)C#N)n4)cc3n2)cnc1OC. The largest absolute Gasteiger partial charge is 0.494 e. The Balaban J connectivity index is 1.85. The maximum Gasteiger partial charge on any atom is 0.256 e. The molecule has 0 bridgehead atoms. The van der Waals surface area contributed by atoms with Gasteiger partial charge in [-0.15, -0.1) is 0 Å². The Morgan fingerprint density at radius 1 is 1.12 bits per heavy atom. The van der Waals surface area contributed by atoms with Crippen LogP contribution >= 0.6 is 0 Å². The van der Waals surface area contributed by atoms with Crippen molar-refractivity contribution in [2.24, 2.45) is 0 Å². The fourth-order valence-corrected chi connectivity index (χ4v) is 3.54. The molecule has 0 atom stereocenters. The molecule has 0 saturated heterocycles. The van der Waals surface area contributed by atoms with Gasteiger partial charge in [0.15, 0.2) is 5.75 Å². The fraction of sp³-hybridized carbons (Fsp3) is 0.250. The van der Waals surface area contributed by atoms with E-state index in [0.717, 1.165) is 11.1 Å². The summed E-state index contributed by atoms with van der Waals surface area (Å²) in [4.78, 5) is 13.6. The Bertz CT molecular complexity index is 1370. The molecule has 0 fully saturated rings. The number of fused-ring (bicyclic) bond motifs is 1. The van der Waals surface area contributed by atoms with E-state index in [-0.39, 0.29) is 5.88 Å². The first-order valence-corrected chi connectivity index (χ1v) is 9.98. The van der Waals surface area contributed by atoms with Crippen molar-refractivity contribution < 1.29 is 14.6 Å². The zero-order valence-electron chi connectivity index (χ0n) is 18.5. The molecule has 0 aliphatic carbocycles. The van der Waals surface area contributed by atoms with Crippen molar-refractivity contribution in [3.05, 3.63) is 54.0 Å². The Morgan fingerprint density at radius 3 is 2.59 bits per heavy atom. The smallest absolute Gasteiger partial charge is 0.256 e. The van der Waals surface area contributed by atoms with Gasteiger partial charge in [-0.05, 0) is 50.6 Å². The molecule has 0 aromatic carbocycles. The molecule has 0 unspecified atom stereocenters. The Morgan fingerprint density at radius 2 is 1.91 bits per heavy atom. The van der Waals surface area contributed by atoms with Gasteiger partial charge >= 0.3 is 0 Å². The number of aromatic nitrogens is 4. The first-order chi connectivity index (χ1) is 15.3. The number of nitriles is 1. The third-order valence-corrected chi connectivity index (χ3v) is 5.38. The van der Waals surface area contributed by atoms with E-state index in [1.54, 1.807) is 50.1 Å². The predicted molar refractivity (Wildman–Crippen MR) is 120 cm³/mol. The highest BCUT2D eigenvalue weighted by molar-refractivity contribution is 5.90. The maximum atomic E-state index is 11.0. The van der Waals surface area contributed by atoms with Crippen LogP contribution in [-0.4, -0.2) is 38.8 Å². The number of hydrogen-bond donors (Lipinski definition) is 1. The summed E-state index contributed by atoms with van der Waals surface area (Å²) in [6.07, 6.45) is 3.40. The van der Waals surface area contributed by atoms with Crippen molar-refractivity contribution in [1.82, 2.24) is 19.5 Å². The van der Waals surface area contributed by atoms with E-state index in [4.69, 9.17) is 14.5 Å². The number of methoxy groups -OCH3 is 2. The van der Waals surface area contributed by atoms with E-state index < -0.39 is 5.41 Å². The molecule has 8 heteroatoms. The zero-order chi connectivity index (χ0) is 23.0. The summed E-state index contributed by atoms with van der Waals surface area (Å²) >= 11 is 0. The lowest BCUT2D eigenvalue weighted by Gasteiger charge is -2.15. The maximum absolute atomic E-state index is 11.0. The third-order valence-electron chi connectivity index (χ3n) is 5.38. The molecule has 4 heterocycles. The summed E-state index contributed by atoms with van der Waals surface area (Å²) in [6, 6.07) is 11.4. The molecule has 32 heavy (non-hydrogen) atoms. The van der Waals surface area contributed by atoms with E-state index >= 15 is 0 Å². The highest BCUT2D eigenvalue weighted by atomic mass is 16.5. The molecule has 1 N–H and O–H groups in total. The van der Waals surface area contributed by atoms with Crippen LogP contribution in [0.25, 0.3) is 28.0 Å². The number of aromatic hydroxyl groups is 1. The van der Waals surface area contributed by atoms with E-state index in [0.29, 0.717) is 39.7 Å². The van der Waals surface area contributed by atoms with Crippen molar-refractivity contribution in [1.29, 1.82) is 5.26 Å². The molecular weight excluding hydrogens is 406 g/mol. The molecule has 8 nitrogen and oxygen atoms in total. The number of hydrogen-bond acceptors (Lipinski definition) is 7. The Hall–Kier alpha value is -4.12. The van der Waals surface area contributed by atoms with Crippen LogP contribution in [0.2, 0.25) is 0 Å². The molecule has 0 amide bonds. The van der Waals surface area contributed by atoms with E-state index in [9.17, 15) is 10.4 Å². The minimum Gasteiger partial charge on any atom is -0.494 e. The summed E-state index contributed by atoms with van der Waals surface area (Å²) in [5.74, 6) is 1.45. The standard InChI is InChI=1S/C24H23N5O3/c1-14-9-16(15-10-18(31-4)22(32-5)26-11-15)27-17-12-29(23(30)21(14)17)20-8-6-7-19(28-20)24(2,3)13-25/h6-12,30H,1-5H3. The van der Waals surface area contributed by atoms with Gasteiger partial charge in [0.2, 0.25) is 5.88 Å². The normalized spacial score (nSPS) is 11.4. The van der Waals surface area contributed by atoms with Gasteiger partial charge < -0.3 is 14.6 Å². The fourth-order valence-electron chi connectivity index (χ4n) is 3.54. The quantitative estimate of drug-likeness (QED) is 0.504. The van der Waals surface area contributed by atoms with Gasteiger partial charge in [0.1, 0.15) is 5.82 Å². The average molecular weight is 429 g/mol. The molecule has 0 spiro atoms. The van der Waals surface area contributed by atoms with Crippen LogP contribution < -0.4 is 9.47 Å². The van der Waals surface area contributed by atoms with Crippen molar-refractivity contribution in [2.75, 3.05) is 14.2 Å². The predicted octanol–water partition coefficient (Wildman–Crippen LogP) is 4.31. The number of ether oxygens (including phenoxy) is 2. The van der Waals surface area contributed by atoms with E-state index in [1.807, 2.05) is 25.1 Å². The van der Waals surface area contributed by atoms with E-state index in [1.165, 1.54) is 7.11 Å². The summed E-state index contributed by atoms with van der Waals surface area (Å²) in [7, 11) is 3.09. The van der Waals surface area contributed by atoms with Gasteiger partial charge in [-0.3, -0.25) is 4.57 Å². The average Bonchev–Trinajstić information content (AvgIpc) is 3.15. The van der Waals surface area contributed by atoms with Crippen LogP contribution in [0.3, 0.4) is 0 Å². The molecule has 0 aliphatic rings. The summed E-state index contributed by atoms with van der Waals surface area (Å²) in [5, 5.41) is 21.0. The molecule has 4 aromatic rings. The lowest BCUT2D eigenvalue weighted by Crippen LogP contribution is -2.16. The molecule has 0 radical (unpaired) electrons. The molecule has 4 aromatic heterocycles. The molecule has 162 valence electrons. The number of nitrogens with zero attached hydrogens (tertiary/aromatic N) is 5. The lowest BCUT2D eigenvalue weighted by molar-refractivity contribution is 0.343. The van der Waals surface area contributed by atoms with Crippen LogP contribution in [-0.2, 0) is 5.41 Å². The monoisotopic (exact) mass is 429 g/mol. The van der Waals surface area contributed by atoms with Crippen LogP contribution in [0, 0.1) is 18.3 Å². The molecular formula is C24H23N5O3. The van der Waals surface area contributed by atoms with Gasteiger partial charge in [0.05, 0.1) is 48.0 Å². The van der Waals surface area contributed by atoms with Crippen LogP contribution in [0.5, 0.6) is 17.5 Å². The van der Waals surface area contributed by atoms with Crippen LogP contribution in [0.4, 0.5) is 0 Å². The number of aryl methyl sites for hydroxylation is 1. The van der Waals surface area contributed by atoms with Crippen molar-refractivity contribution >= 4 is 10.9 Å². The van der Waals surface area contributed by atoms with Crippen molar-refractivity contribution in [3.63, 3.8) is 0 Å². The second-order valence-corrected chi connectivity index (χ2v) is 7.96. The minimum atomic E-state index is -0.750. The lowest BCUT2D eigenvalue weighted by atomic mass is 9.91. The highest BCUT2D eigenvalue weighted by Crippen LogP contribution is 2.35. The Labute approximate surface area is 185 Å². The molecule has 0 saturated carbocycles. The van der Waals surface area contributed by atoms with Crippen LogP contribution in [0.15, 0.2) is 42.7 Å². The highest BCUT2D eigenvalue weighted by Gasteiger charge is 2.23. The second kappa shape index (κ2) is 7.85. The first-order valence-electron chi connectivity index (χ1n) is 9.98. The van der Waals surface area contributed by atoms with Crippen molar-refractivity contribution in [2.45, 2.75) is 26.2 Å². The number of pyridine rings is 3. The van der Waals surface area contributed by atoms with Gasteiger partial charge in [-0.2, -0.15) is 5.26 Å². The van der Waals surface area contributed by atoms with Gasteiger partial charge in [0.25, 0.3) is 5.88 Å². The molecule has 4 rings (SSSR count). The van der Waals surface area contributed by atoms with Crippen molar-refractivity contribution in [3.8, 4) is 40.7 Å². The topological polar surface area (TPSA) is 106 Å². The zero-order valence-corrected chi connectivity index (χ0v) is 18.5. The summed E-state index contributed by atoms with van der Waals surface area (Å²) in [6.45, 7) is 5.52. The molecule has 0 aliphatic heterocycles. The minimum absolute atomic E-state index is 0.0430. The Kier molecular flexibility index (Phi) is 5.18.